The number of nitro groups is 1. The second-order valence-electron chi connectivity index (χ2n) is 4.83. The second-order valence-corrected chi connectivity index (χ2v) is 5.75. The van der Waals surface area contributed by atoms with Crippen LogP contribution in [0.5, 0.6) is 0 Å². The number of aryl methyl sites for hydroxylation is 1. The van der Waals surface area contributed by atoms with E-state index in [9.17, 15) is 10.1 Å². The second kappa shape index (κ2) is 7.22. The number of hydrogen-bond donors (Lipinski definition) is 1. The van der Waals surface area contributed by atoms with Crippen LogP contribution in [0, 0.1) is 10.1 Å². The van der Waals surface area contributed by atoms with Crippen molar-refractivity contribution in [2.45, 2.75) is 26.3 Å². The molecular weight excluding hydrogens is 332 g/mol. The largest absolute Gasteiger partial charge is 0.381 e. The van der Waals surface area contributed by atoms with E-state index in [0.717, 1.165) is 18.5 Å². The molecule has 2 aromatic rings. The Hall–Kier alpha value is -1.88. The Kier molecular flexibility index (Phi) is 5.33. The van der Waals surface area contributed by atoms with E-state index in [1.807, 2.05) is 18.2 Å². The number of nitrogens with zero attached hydrogens (tertiary/aromatic N) is 1. The number of benzene rings is 2. The Labute approximate surface area is 132 Å². The minimum absolute atomic E-state index is 0.125. The van der Waals surface area contributed by atoms with Crippen LogP contribution < -0.4 is 5.32 Å². The molecule has 0 heterocycles. The Morgan fingerprint density at radius 2 is 1.90 bits per heavy atom. The molecular formula is C16H17BrN2O2. The van der Waals surface area contributed by atoms with Crippen LogP contribution in [0.15, 0.2) is 46.9 Å². The van der Waals surface area contributed by atoms with Crippen molar-refractivity contribution in [1.82, 2.24) is 0 Å². The van der Waals surface area contributed by atoms with Crippen LogP contribution in [0.4, 0.5) is 11.4 Å². The molecule has 4 nitrogen and oxygen atoms in total. The summed E-state index contributed by atoms with van der Waals surface area (Å²) in [5.74, 6) is 0. The van der Waals surface area contributed by atoms with Gasteiger partial charge in [-0.3, -0.25) is 10.1 Å². The van der Waals surface area contributed by atoms with E-state index in [0.29, 0.717) is 16.6 Å². The molecule has 0 radical (unpaired) electrons. The van der Waals surface area contributed by atoms with Crippen molar-refractivity contribution in [3.8, 4) is 0 Å². The molecule has 0 aliphatic rings. The van der Waals surface area contributed by atoms with Crippen LogP contribution in [0.3, 0.4) is 0 Å². The highest BCUT2D eigenvalue weighted by Crippen LogP contribution is 2.24. The van der Waals surface area contributed by atoms with Gasteiger partial charge >= 0.3 is 0 Å². The van der Waals surface area contributed by atoms with E-state index in [2.05, 4.69) is 40.3 Å². The minimum atomic E-state index is -0.355. The lowest BCUT2D eigenvalue weighted by Crippen LogP contribution is -2.03. The Morgan fingerprint density at radius 1 is 1.19 bits per heavy atom. The van der Waals surface area contributed by atoms with Gasteiger partial charge in [-0.25, -0.2) is 0 Å². The highest BCUT2D eigenvalue weighted by atomic mass is 79.9. The zero-order valence-electron chi connectivity index (χ0n) is 11.8. The van der Waals surface area contributed by atoms with Gasteiger partial charge in [0.05, 0.1) is 4.92 Å². The van der Waals surface area contributed by atoms with Crippen LogP contribution in [0.25, 0.3) is 0 Å². The predicted molar refractivity (Wildman–Crippen MR) is 88.6 cm³/mol. The number of anilines is 1. The van der Waals surface area contributed by atoms with E-state index in [1.54, 1.807) is 6.07 Å². The zero-order chi connectivity index (χ0) is 15.2. The maximum atomic E-state index is 11.1. The van der Waals surface area contributed by atoms with Gasteiger partial charge in [0.2, 0.25) is 0 Å². The molecule has 0 aliphatic carbocycles. The fourth-order valence-corrected chi connectivity index (χ4v) is 2.48. The molecule has 2 aromatic carbocycles. The highest BCUT2D eigenvalue weighted by Gasteiger charge is 2.13. The maximum Gasteiger partial charge on any atom is 0.275 e. The summed E-state index contributed by atoms with van der Waals surface area (Å²) in [7, 11) is 0. The summed E-state index contributed by atoms with van der Waals surface area (Å²) >= 11 is 3.26. The summed E-state index contributed by atoms with van der Waals surface area (Å²) in [5.41, 5.74) is 3.06. The third kappa shape index (κ3) is 4.29. The summed E-state index contributed by atoms with van der Waals surface area (Å²) in [4.78, 5) is 10.7. The third-order valence-electron chi connectivity index (χ3n) is 3.22. The average Bonchev–Trinajstić information content (AvgIpc) is 2.47. The van der Waals surface area contributed by atoms with Gasteiger partial charge in [-0.2, -0.15) is 0 Å². The summed E-state index contributed by atoms with van der Waals surface area (Å²) in [6, 6.07) is 13.3. The van der Waals surface area contributed by atoms with E-state index < -0.39 is 0 Å². The summed E-state index contributed by atoms with van der Waals surface area (Å²) in [5, 5.41) is 14.3. The van der Waals surface area contributed by atoms with Gasteiger partial charge in [0, 0.05) is 28.3 Å². The van der Waals surface area contributed by atoms with Crippen molar-refractivity contribution in [2.75, 3.05) is 5.32 Å². The van der Waals surface area contributed by atoms with Crippen LogP contribution in [-0.2, 0) is 13.0 Å². The Bertz CT molecular complexity index is 627. The van der Waals surface area contributed by atoms with Crippen molar-refractivity contribution >= 4 is 27.3 Å². The molecule has 0 atom stereocenters. The van der Waals surface area contributed by atoms with Gasteiger partial charge < -0.3 is 5.32 Å². The Morgan fingerprint density at radius 3 is 2.52 bits per heavy atom. The lowest BCUT2D eigenvalue weighted by Gasteiger charge is -2.08. The molecule has 1 N–H and O–H groups in total. The third-order valence-corrected chi connectivity index (χ3v) is 3.71. The van der Waals surface area contributed by atoms with Gasteiger partial charge in [0.25, 0.3) is 5.69 Å². The van der Waals surface area contributed by atoms with E-state index in [-0.39, 0.29) is 10.6 Å². The number of hydrogen-bond acceptors (Lipinski definition) is 3. The molecule has 0 saturated heterocycles. The van der Waals surface area contributed by atoms with E-state index in [4.69, 9.17) is 0 Å². The molecule has 0 unspecified atom stereocenters. The molecule has 110 valence electrons. The molecule has 5 heteroatoms. The van der Waals surface area contributed by atoms with Gasteiger partial charge in [-0.1, -0.05) is 41.4 Å². The number of rotatable bonds is 6. The van der Waals surface area contributed by atoms with Crippen LogP contribution >= 0.6 is 15.9 Å². The normalized spacial score (nSPS) is 10.4. The van der Waals surface area contributed by atoms with Crippen molar-refractivity contribution in [3.63, 3.8) is 0 Å². The van der Waals surface area contributed by atoms with Gasteiger partial charge in [0.15, 0.2) is 0 Å². The monoisotopic (exact) mass is 348 g/mol. The van der Waals surface area contributed by atoms with Gasteiger partial charge in [-0.05, 0) is 36.2 Å². The van der Waals surface area contributed by atoms with E-state index >= 15 is 0 Å². The summed E-state index contributed by atoms with van der Waals surface area (Å²) in [6.07, 6.45) is 2.19. The molecule has 0 spiro atoms. The molecule has 0 bridgehead atoms. The topological polar surface area (TPSA) is 55.2 Å². The fraction of sp³-hybridized carbons (Fsp3) is 0.250. The lowest BCUT2D eigenvalue weighted by atomic mass is 10.1. The zero-order valence-corrected chi connectivity index (χ0v) is 13.4. The highest BCUT2D eigenvalue weighted by molar-refractivity contribution is 9.10. The van der Waals surface area contributed by atoms with Crippen LogP contribution in [-0.4, -0.2) is 4.92 Å². The van der Waals surface area contributed by atoms with Gasteiger partial charge in [0.1, 0.15) is 0 Å². The van der Waals surface area contributed by atoms with Crippen molar-refractivity contribution in [2.24, 2.45) is 0 Å². The van der Waals surface area contributed by atoms with Crippen molar-refractivity contribution < 1.29 is 4.92 Å². The SMILES string of the molecule is CCCc1ccc(NCc2ccc(Br)cc2[N+](=O)[O-])cc1. The first-order valence-electron chi connectivity index (χ1n) is 6.85. The first-order valence-corrected chi connectivity index (χ1v) is 7.65. The molecule has 0 aliphatic heterocycles. The standard InChI is InChI=1S/C16H17BrN2O2/c1-2-3-12-4-8-15(9-5-12)18-11-13-6-7-14(17)10-16(13)19(20)21/h4-10,18H,2-3,11H2,1H3. The first kappa shape index (κ1) is 15.5. The van der Waals surface area contributed by atoms with Gasteiger partial charge in [-0.15, -0.1) is 0 Å². The summed E-state index contributed by atoms with van der Waals surface area (Å²) in [6.45, 7) is 2.58. The number of nitro benzene ring substituents is 1. The van der Waals surface area contributed by atoms with Crippen LogP contribution in [0.1, 0.15) is 24.5 Å². The fourth-order valence-electron chi connectivity index (χ4n) is 2.13. The number of nitrogens with one attached hydrogen (secondary N) is 1. The molecule has 21 heavy (non-hydrogen) atoms. The van der Waals surface area contributed by atoms with Crippen molar-refractivity contribution in [1.29, 1.82) is 0 Å². The predicted octanol–water partition coefficient (Wildman–Crippen LogP) is 4.92. The molecule has 0 saturated carbocycles. The smallest absolute Gasteiger partial charge is 0.275 e. The number of halogens is 1. The summed E-state index contributed by atoms with van der Waals surface area (Å²) < 4.78 is 0.710. The Balaban J connectivity index is 2.07. The maximum absolute atomic E-state index is 11.1. The molecule has 0 fully saturated rings. The molecule has 0 amide bonds. The average molecular weight is 349 g/mol. The first-order chi connectivity index (χ1) is 10.1. The van der Waals surface area contributed by atoms with E-state index in [1.165, 1.54) is 11.6 Å². The lowest BCUT2D eigenvalue weighted by molar-refractivity contribution is -0.385. The van der Waals surface area contributed by atoms with Crippen molar-refractivity contribution in [3.05, 3.63) is 68.2 Å². The molecule has 2 rings (SSSR count). The van der Waals surface area contributed by atoms with Crippen LogP contribution in [0.2, 0.25) is 0 Å². The minimum Gasteiger partial charge on any atom is -0.381 e. The quantitative estimate of drug-likeness (QED) is 0.595. The molecule has 0 aromatic heterocycles.